The summed E-state index contributed by atoms with van der Waals surface area (Å²) < 4.78 is 10.8. The maximum absolute atomic E-state index is 12.8. The zero-order valence-corrected chi connectivity index (χ0v) is 20.9. The fourth-order valence-corrected chi connectivity index (χ4v) is 4.42. The number of hydrazone groups is 1. The molecule has 1 aromatic carbocycles. The second kappa shape index (κ2) is 12.2. The number of carbonyl (C=O) groups is 1. The number of benzene rings is 1. The highest BCUT2D eigenvalue weighted by atomic mass is 35.5. The molecule has 1 atom stereocenters. The number of carbonyl (C=O) groups excluding carboxylic acids is 1. The third-order valence-electron chi connectivity index (χ3n) is 6.13. The molecular weight excluding hydrogens is 463 g/mol. The maximum Gasteiger partial charge on any atom is 0.243 e. The van der Waals surface area contributed by atoms with Gasteiger partial charge in [0.25, 0.3) is 0 Å². The maximum atomic E-state index is 12.8. The molecule has 2 aromatic rings. The molecule has 4 rings (SSSR count). The molecule has 0 aliphatic carbocycles. The molecule has 1 aromatic heterocycles. The molecule has 3 heterocycles. The molecule has 0 radical (unpaired) electrons. The molecule has 7 nitrogen and oxygen atoms in total. The zero-order valence-electron chi connectivity index (χ0n) is 19.3. The predicted octanol–water partition coefficient (Wildman–Crippen LogP) is 4.18. The quantitative estimate of drug-likeness (QED) is 0.602. The van der Waals surface area contributed by atoms with Gasteiger partial charge in [-0.15, -0.1) is 24.8 Å². The molecule has 1 saturated heterocycles. The summed E-state index contributed by atoms with van der Waals surface area (Å²) in [4.78, 5) is 19.5. The molecule has 0 spiro atoms. The van der Waals surface area contributed by atoms with Gasteiger partial charge in [-0.25, -0.2) is 5.01 Å². The van der Waals surface area contributed by atoms with Crippen molar-refractivity contribution in [3.05, 3.63) is 53.9 Å². The lowest BCUT2D eigenvalue weighted by Gasteiger charge is -2.38. The van der Waals surface area contributed by atoms with Crippen molar-refractivity contribution >= 4 is 36.4 Å². The number of likely N-dealkylation sites (tertiary alicyclic amines) is 1. The second-order valence-electron chi connectivity index (χ2n) is 8.27. The smallest absolute Gasteiger partial charge is 0.243 e. The van der Waals surface area contributed by atoms with Crippen LogP contribution in [0.15, 0.2) is 47.8 Å². The van der Waals surface area contributed by atoms with Crippen LogP contribution in [0.3, 0.4) is 0 Å². The van der Waals surface area contributed by atoms with Crippen molar-refractivity contribution in [1.82, 2.24) is 14.9 Å². The standard InChI is InChI=1S/C24H30N4O3.2ClH/c1-17-13-23(29)28(26-24(17)19-6-7-21(30-2)22(14-19)31-3)20-8-11-27(12-9-20)16-18-5-4-10-25-15-18;;/h4-7,10,14-15,17,20H,8-9,11-13,16H2,1-3H3;2*1H. The molecule has 180 valence electrons. The van der Waals surface area contributed by atoms with Crippen molar-refractivity contribution in [1.29, 1.82) is 0 Å². The van der Waals surface area contributed by atoms with Crippen LogP contribution in [0.4, 0.5) is 0 Å². The summed E-state index contributed by atoms with van der Waals surface area (Å²) in [6.45, 7) is 4.84. The minimum absolute atomic E-state index is 0. The fourth-order valence-electron chi connectivity index (χ4n) is 4.42. The van der Waals surface area contributed by atoms with Crippen LogP contribution in [0.5, 0.6) is 11.5 Å². The molecule has 1 amide bonds. The average molecular weight is 495 g/mol. The highest BCUT2D eigenvalue weighted by Gasteiger charge is 2.34. The monoisotopic (exact) mass is 494 g/mol. The number of hydrogen-bond donors (Lipinski definition) is 0. The van der Waals surface area contributed by atoms with E-state index in [0.717, 1.165) is 43.8 Å². The number of methoxy groups -OCH3 is 2. The van der Waals surface area contributed by atoms with Gasteiger partial charge in [-0.1, -0.05) is 13.0 Å². The van der Waals surface area contributed by atoms with Gasteiger partial charge < -0.3 is 9.47 Å². The first-order valence-corrected chi connectivity index (χ1v) is 10.8. The summed E-state index contributed by atoms with van der Waals surface area (Å²) in [5, 5.41) is 6.60. The summed E-state index contributed by atoms with van der Waals surface area (Å²) in [6.07, 6.45) is 6.03. The number of hydrogen-bond acceptors (Lipinski definition) is 6. The molecule has 0 saturated carbocycles. The summed E-state index contributed by atoms with van der Waals surface area (Å²) >= 11 is 0. The summed E-state index contributed by atoms with van der Waals surface area (Å²) in [5.74, 6) is 1.53. The molecular formula is C24H32Cl2N4O3. The van der Waals surface area contributed by atoms with Crippen molar-refractivity contribution in [3.8, 4) is 11.5 Å². The Balaban J connectivity index is 0.00000193. The van der Waals surface area contributed by atoms with Gasteiger partial charge in [0, 0.05) is 49.9 Å². The second-order valence-corrected chi connectivity index (χ2v) is 8.27. The summed E-state index contributed by atoms with van der Waals surface area (Å²) in [7, 11) is 3.25. The minimum atomic E-state index is 0. The number of aromatic nitrogens is 1. The van der Waals surface area contributed by atoms with Crippen LogP contribution >= 0.6 is 24.8 Å². The number of ether oxygens (including phenoxy) is 2. The third kappa shape index (κ3) is 6.16. The lowest BCUT2D eigenvalue weighted by atomic mass is 9.92. The van der Waals surface area contributed by atoms with E-state index in [2.05, 4.69) is 22.9 Å². The van der Waals surface area contributed by atoms with Gasteiger partial charge in [0.15, 0.2) is 11.5 Å². The van der Waals surface area contributed by atoms with Gasteiger partial charge in [0.2, 0.25) is 5.91 Å². The predicted molar refractivity (Wildman–Crippen MR) is 134 cm³/mol. The van der Waals surface area contributed by atoms with Gasteiger partial charge in [-0.05, 0) is 42.7 Å². The van der Waals surface area contributed by atoms with Crippen LogP contribution in [-0.2, 0) is 11.3 Å². The topological polar surface area (TPSA) is 67.3 Å². The van der Waals surface area contributed by atoms with Gasteiger partial charge >= 0.3 is 0 Å². The van der Waals surface area contributed by atoms with Crippen molar-refractivity contribution < 1.29 is 14.3 Å². The Kier molecular flexibility index (Phi) is 9.95. The fraction of sp³-hybridized carbons (Fsp3) is 0.458. The first kappa shape index (κ1) is 26.9. The first-order valence-electron chi connectivity index (χ1n) is 10.8. The minimum Gasteiger partial charge on any atom is -0.493 e. The highest BCUT2D eigenvalue weighted by Crippen LogP contribution is 2.31. The Morgan fingerprint density at radius 2 is 1.79 bits per heavy atom. The molecule has 0 N–H and O–H groups in total. The van der Waals surface area contributed by atoms with E-state index >= 15 is 0 Å². The average Bonchev–Trinajstić information content (AvgIpc) is 2.80. The van der Waals surface area contributed by atoms with E-state index in [9.17, 15) is 4.79 Å². The van der Waals surface area contributed by atoms with E-state index < -0.39 is 0 Å². The van der Waals surface area contributed by atoms with Crippen LogP contribution in [0.25, 0.3) is 0 Å². The highest BCUT2D eigenvalue weighted by molar-refractivity contribution is 6.06. The Labute approximate surface area is 208 Å². The zero-order chi connectivity index (χ0) is 21.8. The molecule has 1 fully saturated rings. The van der Waals surface area contributed by atoms with Gasteiger partial charge in [-0.3, -0.25) is 14.7 Å². The molecule has 9 heteroatoms. The van der Waals surface area contributed by atoms with E-state index in [1.807, 2.05) is 30.5 Å². The Morgan fingerprint density at radius 1 is 1.06 bits per heavy atom. The van der Waals surface area contributed by atoms with Crippen molar-refractivity contribution in [2.75, 3.05) is 27.3 Å². The normalized spacial score (nSPS) is 19.2. The van der Waals surface area contributed by atoms with Gasteiger partial charge in [0.05, 0.1) is 26.0 Å². The number of pyridine rings is 1. The van der Waals surface area contributed by atoms with Crippen LogP contribution < -0.4 is 9.47 Å². The number of rotatable bonds is 6. The molecule has 33 heavy (non-hydrogen) atoms. The Bertz CT molecular complexity index is 950. The van der Waals surface area contributed by atoms with Gasteiger partial charge in [-0.2, -0.15) is 5.10 Å². The lowest BCUT2D eigenvalue weighted by molar-refractivity contribution is -0.136. The summed E-state index contributed by atoms with van der Waals surface area (Å²) in [6, 6.07) is 10.0. The van der Waals surface area contributed by atoms with Crippen LogP contribution in [0.1, 0.15) is 37.3 Å². The molecule has 1 unspecified atom stereocenters. The number of halogens is 2. The molecule has 2 aliphatic rings. The van der Waals surface area contributed by atoms with E-state index in [-0.39, 0.29) is 42.7 Å². The SMILES string of the molecule is COc1ccc(C2=NN(C3CCN(Cc4cccnc4)CC3)C(=O)CC2C)cc1OC.Cl.Cl. The molecule has 0 bridgehead atoms. The third-order valence-corrected chi connectivity index (χ3v) is 6.13. The number of nitrogens with zero attached hydrogens (tertiary/aromatic N) is 4. The van der Waals surface area contributed by atoms with Crippen molar-refractivity contribution in [2.45, 2.75) is 38.8 Å². The van der Waals surface area contributed by atoms with E-state index in [1.54, 1.807) is 25.4 Å². The molecule has 2 aliphatic heterocycles. The number of piperidine rings is 1. The van der Waals surface area contributed by atoms with Crippen LogP contribution in [-0.4, -0.2) is 59.9 Å². The van der Waals surface area contributed by atoms with Crippen LogP contribution in [0, 0.1) is 5.92 Å². The van der Waals surface area contributed by atoms with Crippen molar-refractivity contribution in [3.63, 3.8) is 0 Å². The lowest BCUT2D eigenvalue weighted by Crippen LogP contribution is -2.47. The van der Waals surface area contributed by atoms with E-state index in [1.165, 1.54) is 5.56 Å². The first-order chi connectivity index (χ1) is 15.1. The summed E-state index contributed by atoms with van der Waals surface area (Å²) in [5.41, 5.74) is 3.12. The Morgan fingerprint density at radius 3 is 2.42 bits per heavy atom. The van der Waals surface area contributed by atoms with Gasteiger partial charge in [0.1, 0.15) is 0 Å². The Hall–Kier alpha value is -2.35. The van der Waals surface area contributed by atoms with Crippen molar-refractivity contribution in [2.24, 2.45) is 11.0 Å². The van der Waals surface area contributed by atoms with E-state index in [0.29, 0.717) is 17.9 Å². The number of amides is 1. The van der Waals surface area contributed by atoms with Crippen LogP contribution in [0.2, 0.25) is 0 Å². The van der Waals surface area contributed by atoms with E-state index in [4.69, 9.17) is 14.6 Å². The largest absolute Gasteiger partial charge is 0.493 e.